The second-order valence-corrected chi connectivity index (χ2v) is 6.20. The molecule has 0 bridgehead atoms. The molecule has 1 amide bonds. The molecule has 5 nitrogen and oxygen atoms in total. The van der Waals surface area contributed by atoms with E-state index in [9.17, 15) is 9.59 Å². The molecule has 2 aromatic carbocycles. The number of hydrogen-bond acceptors (Lipinski definition) is 4. The third-order valence-electron chi connectivity index (χ3n) is 3.87. The second-order valence-electron chi connectivity index (χ2n) is 6.20. The fourth-order valence-corrected chi connectivity index (χ4v) is 2.34. The minimum atomic E-state index is -0.475. The largest absolute Gasteiger partial charge is 0.494 e. The van der Waals surface area contributed by atoms with Gasteiger partial charge < -0.3 is 14.8 Å². The van der Waals surface area contributed by atoms with Crippen LogP contribution >= 0.6 is 0 Å². The van der Waals surface area contributed by atoms with E-state index in [1.165, 1.54) is 5.56 Å². The average molecular weight is 355 g/mol. The van der Waals surface area contributed by atoms with Crippen LogP contribution in [0, 0.1) is 0 Å². The minimum Gasteiger partial charge on any atom is -0.494 e. The summed E-state index contributed by atoms with van der Waals surface area (Å²) < 4.78 is 10.5. The zero-order chi connectivity index (χ0) is 18.9. The summed E-state index contributed by atoms with van der Waals surface area (Å²) >= 11 is 0. The molecule has 0 saturated carbocycles. The van der Waals surface area contributed by atoms with Gasteiger partial charge >= 0.3 is 5.97 Å². The predicted molar refractivity (Wildman–Crippen MR) is 100 cm³/mol. The standard InChI is InChI=1S/C21H25NO4/c1-4-25-19-11-9-18(10-12-19)21(24)22-13-20(23)26-14-16-5-7-17(8-6-16)15(2)3/h5-12,15H,4,13-14H2,1-3H3,(H,22,24). The van der Waals surface area contributed by atoms with Gasteiger partial charge in [-0.15, -0.1) is 0 Å². The van der Waals surface area contributed by atoms with Crippen LogP contribution in [0.15, 0.2) is 48.5 Å². The zero-order valence-electron chi connectivity index (χ0n) is 15.5. The van der Waals surface area contributed by atoms with Crippen molar-refractivity contribution in [2.24, 2.45) is 0 Å². The van der Waals surface area contributed by atoms with E-state index >= 15 is 0 Å². The van der Waals surface area contributed by atoms with Gasteiger partial charge in [-0.1, -0.05) is 38.1 Å². The Kier molecular flexibility index (Phi) is 7.21. The van der Waals surface area contributed by atoms with Crippen molar-refractivity contribution in [3.05, 3.63) is 65.2 Å². The Balaban J connectivity index is 1.76. The fourth-order valence-electron chi connectivity index (χ4n) is 2.34. The molecule has 2 aromatic rings. The lowest BCUT2D eigenvalue weighted by Gasteiger charge is -2.09. The number of amides is 1. The molecule has 0 saturated heterocycles. The van der Waals surface area contributed by atoms with Crippen LogP contribution in [0.4, 0.5) is 0 Å². The number of nitrogens with one attached hydrogen (secondary N) is 1. The van der Waals surface area contributed by atoms with E-state index in [4.69, 9.17) is 9.47 Å². The lowest BCUT2D eigenvalue weighted by molar-refractivity contribution is -0.143. The summed E-state index contributed by atoms with van der Waals surface area (Å²) in [4.78, 5) is 23.8. The second kappa shape index (κ2) is 9.61. The molecule has 0 radical (unpaired) electrons. The first kappa shape index (κ1) is 19.5. The van der Waals surface area contributed by atoms with Gasteiger partial charge in [-0.25, -0.2) is 0 Å². The van der Waals surface area contributed by atoms with Gasteiger partial charge in [-0.05, 0) is 48.2 Å². The molecule has 138 valence electrons. The molecule has 0 spiro atoms. The zero-order valence-corrected chi connectivity index (χ0v) is 15.5. The number of carbonyl (C=O) groups is 2. The number of carbonyl (C=O) groups excluding carboxylic acids is 2. The fraction of sp³-hybridized carbons (Fsp3) is 0.333. The number of rotatable bonds is 8. The summed E-state index contributed by atoms with van der Waals surface area (Å²) in [7, 11) is 0. The summed E-state index contributed by atoms with van der Waals surface area (Å²) in [6.45, 7) is 6.74. The molecule has 2 rings (SSSR count). The molecule has 26 heavy (non-hydrogen) atoms. The first-order valence-electron chi connectivity index (χ1n) is 8.75. The van der Waals surface area contributed by atoms with E-state index in [-0.39, 0.29) is 19.1 Å². The van der Waals surface area contributed by atoms with Gasteiger partial charge in [0.05, 0.1) is 6.61 Å². The van der Waals surface area contributed by atoms with Crippen LogP contribution < -0.4 is 10.1 Å². The molecule has 0 unspecified atom stereocenters. The molecule has 1 N–H and O–H groups in total. The van der Waals surface area contributed by atoms with Gasteiger partial charge in [0.25, 0.3) is 5.91 Å². The normalized spacial score (nSPS) is 10.5. The lowest BCUT2D eigenvalue weighted by atomic mass is 10.0. The van der Waals surface area contributed by atoms with Crippen molar-refractivity contribution < 1.29 is 19.1 Å². The van der Waals surface area contributed by atoms with Crippen molar-refractivity contribution in [1.82, 2.24) is 5.32 Å². The van der Waals surface area contributed by atoms with Gasteiger partial charge in [0.1, 0.15) is 18.9 Å². The Morgan fingerprint density at radius 1 is 1.00 bits per heavy atom. The van der Waals surface area contributed by atoms with Gasteiger partial charge in [0.2, 0.25) is 0 Å². The highest BCUT2D eigenvalue weighted by Gasteiger charge is 2.09. The Morgan fingerprint density at radius 3 is 2.23 bits per heavy atom. The van der Waals surface area contributed by atoms with Crippen molar-refractivity contribution in [1.29, 1.82) is 0 Å². The highest BCUT2D eigenvalue weighted by atomic mass is 16.5. The van der Waals surface area contributed by atoms with Crippen molar-refractivity contribution in [3.63, 3.8) is 0 Å². The van der Waals surface area contributed by atoms with Crippen molar-refractivity contribution in [2.45, 2.75) is 33.3 Å². The van der Waals surface area contributed by atoms with Gasteiger partial charge in [-0.2, -0.15) is 0 Å². The topological polar surface area (TPSA) is 64.6 Å². The van der Waals surface area contributed by atoms with Crippen LogP contribution in [-0.4, -0.2) is 25.0 Å². The lowest BCUT2D eigenvalue weighted by Crippen LogP contribution is -2.30. The number of ether oxygens (including phenoxy) is 2. The highest BCUT2D eigenvalue weighted by Crippen LogP contribution is 2.15. The molecule has 0 fully saturated rings. The van der Waals surface area contributed by atoms with E-state index < -0.39 is 5.97 Å². The molecule has 0 heterocycles. The number of benzene rings is 2. The molecule has 5 heteroatoms. The summed E-state index contributed by atoms with van der Waals surface area (Å²) in [5.74, 6) is 0.361. The van der Waals surface area contributed by atoms with Gasteiger partial charge in [-0.3, -0.25) is 9.59 Å². The van der Waals surface area contributed by atoms with E-state index in [0.717, 1.165) is 5.56 Å². The van der Waals surface area contributed by atoms with Gasteiger partial charge in [0.15, 0.2) is 0 Å². The molecular weight excluding hydrogens is 330 g/mol. The Morgan fingerprint density at radius 2 is 1.65 bits per heavy atom. The molecule has 0 aliphatic rings. The smallest absolute Gasteiger partial charge is 0.325 e. The predicted octanol–water partition coefficient (Wildman–Crippen LogP) is 3.68. The van der Waals surface area contributed by atoms with Gasteiger partial charge in [0, 0.05) is 5.56 Å². The first-order valence-corrected chi connectivity index (χ1v) is 8.75. The number of hydrogen-bond donors (Lipinski definition) is 1. The Labute approximate surface area is 154 Å². The molecule has 0 atom stereocenters. The quantitative estimate of drug-likeness (QED) is 0.734. The molecular formula is C21H25NO4. The SMILES string of the molecule is CCOc1ccc(C(=O)NCC(=O)OCc2ccc(C(C)C)cc2)cc1. The monoisotopic (exact) mass is 355 g/mol. The maximum Gasteiger partial charge on any atom is 0.325 e. The average Bonchev–Trinajstić information content (AvgIpc) is 2.65. The third kappa shape index (κ3) is 5.92. The van der Waals surface area contributed by atoms with Crippen molar-refractivity contribution in [3.8, 4) is 5.75 Å². The summed E-state index contributed by atoms with van der Waals surface area (Å²) in [6, 6.07) is 14.7. The number of esters is 1. The van der Waals surface area contributed by atoms with Crippen LogP contribution in [0.1, 0.15) is 48.2 Å². The van der Waals surface area contributed by atoms with E-state index in [0.29, 0.717) is 23.8 Å². The summed E-state index contributed by atoms with van der Waals surface area (Å²) in [5.41, 5.74) is 2.62. The summed E-state index contributed by atoms with van der Waals surface area (Å²) in [6.07, 6.45) is 0. The maximum absolute atomic E-state index is 12.0. The van der Waals surface area contributed by atoms with E-state index in [2.05, 4.69) is 19.2 Å². The van der Waals surface area contributed by atoms with Crippen LogP contribution in [0.3, 0.4) is 0 Å². The highest BCUT2D eigenvalue weighted by molar-refractivity contribution is 5.96. The van der Waals surface area contributed by atoms with Crippen LogP contribution in [0.5, 0.6) is 5.75 Å². The Hall–Kier alpha value is -2.82. The first-order chi connectivity index (χ1) is 12.5. The third-order valence-corrected chi connectivity index (χ3v) is 3.87. The van der Waals surface area contributed by atoms with Crippen molar-refractivity contribution >= 4 is 11.9 Å². The van der Waals surface area contributed by atoms with Crippen LogP contribution in [-0.2, 0) is 16.1 Å². The minimum absolute atomic E-state index is 0.171. The summed E-state index contributed by atoms with van der Waals surface area (Å²) in [5, 5.41) is 2.56. The maximum atomic E-state index is 12.0. The Bertz CT molecular complexity index is 721. The molecule has 0 aliphatic carbocycles. The molecule has 0 aromatic heterocycles. The van der Waals surface area contributed by atoms with Crippen molar-refractivity contribution in [2.75, 3.05) is 13.2 Å². The van der Waals surface area contributed by atoms with Crippen LogP contribution in [0.25, 0.3) is 0 Å². The molecule has 0 aliphatic heterocycles. The van der Waals surface area contributed by atoms with E-state index in [1.807, 2.05) is 31.2 Å². The van der Waals surface area contributed by atoms with E-state index in [1.54, 1.807) is 24.3 Å². The van der Waals surface area contributed by atoms with Crippen LogP contribution in [0.2, 0.25) is 0 Å².